The van der Waals surface area contributed by atoms with E-state index in [1.165, 1.54) is 12.1 Å². The van der Waals surface area contributed by atoms with Gasteiger partial charge < -0.3 is 10.2 Å². The number of benzene rings is 1. The van der Waals surface area contributed by atoms with Crippen LogP contribution in [-0.4, -0.2) is 28.0 Å². The van der Waals surface area contributed by atoms with E-state index in [9.17, 15) is 4.39 Å². The molecule has 0 saturated heterocycles. The van der Waals surface area contributed by atoms with Crippen molar-refractivity contribution in [1.29, 1.82) is 0 Å². The van der Waals surface area contributed by atoms with Gasteiger partial charge in [-0.25, -0.2) is 4.39 Å². The van der Waals surface area contributed by atoms with Crippen molar-refractivity contribution in [3.8, 4) is 0 Å². The van der Waals surface area contributed by atoms with Gasteiger partial charge in [0.05, 0.1) is 5.69 Å². The van der Waals surface area contributed by atoms with Crippen LogP contribution in [-0.2, 0) is 0 Å². The number of rotatable bonds is 5. The Bertz CT molecular complexity index is 636. The molecule has 1 heterocycles. The topological polar surface area (TPSA) is 53.9 Å². The third kappa shape index (κ3) is 4.01. The third-order valence-corrected chi connectivity index (χ3v) is 3.65. The lowest BCUT2D eigenvalue weighted by molar-refractivity contribution is 0.627. The van der Waals surface area contributed by atoms with Gasteiger partial charge in [0.2, 0.25) is 17.2 Å². The predicted octanol–water partition coefficient (Wildman–Crippen LogP) is 4.02. The molecule has 1 aromatic carbocycles. The summed E-state index contributed by atoms with van der Waals surface area (Å²) in [6.07, 6.45) is 0. The normalized spacial score (nSPS) is 10.5. The fourth-order valence-corrected chi connectivity index (χ4v) is 2.36. The molecule has 0 amide bonds. The number of aromatic nitrogens is 3. The summed E-state index contributed by atoms with van der Waals surface area (Å²) in [4.78, 5) is 14.4. The van der Waals surface area contributed by atoms with Crippen LogP contribution in [0, 0.1) is 5.82 Å². The maximum Gasteiger partial charge on any atom is 0.233 e. The third-order valence-electron chi connectivity index (χ3n) is 2.82. The van der Waals surface area contributed by atoms with Gasteiger partial charge in [-0.2, -0.15) is 15.0 Å². The summed E-state index contributed by atoms with van der Waals surface area (Å²) in [7, 11) is 0. The van der Waals surface area contributed by atoms with E-state index in [0.717, 1.165) is 13.1 Å². The maximum atomic E-state index is 13.1. The van der Waals surface area contributed by atoms with Crippen LogP contribution in [0.2, 0.25) is 5.28 Å². The van der Waals surface area contributed by atoms with Crippen LogP contribution in [0.15, 0.2) is 22.7 Å². The number of nitrogens with one attached hydrogen (secondary N) is 1. The lowest BCUT2D eigenvalue weighted by atomic mass is 10.3. The molecule has 8 heteroatoms. The van der Waals surface area contributed by atoms with Gasteiger partial charge in [-0.1, -0.05) is 0 Å². The van der Waals surface area contributed by atoms with Crippen molar-refractivity contribution in [1.82, 2.24) is 15.0 Å². The molecule has 1 aromatic heterocycles. The van der Waals surface area contributed by atoms with E-state index in [2.05, 4.69) is 36.2 Å². The summed E-state index contributed by atoms with van der Waals surface area (Å²) >= 11 is 9.22. The van der Waals surface area contributed by atoms with Crippen LogP contribution < -0.4 is 10.2 Å². The molecule has 21 heavy (non-hydrogen) atoms. The van der Waals surface area contributed by atoms with E-state index in [4.69, 9.17) is 11.6 Å². The molecule has 112 valence electrons. The highest BCUT2D eigenvalue weighted by Gasteiger charge is 2.11. The highest BCUT2D eigenvalue weighted by Crippen LogP contribution is 2.26. The standard InChI is InChI=1S/C13H14BrClFN5/c1-3-21(4-2)13-19-11(15)18-12(20-13)17-10-6-5-8(16)7-9(10)14/h5-7H,3-4H2,1-2H3,(H,17,18,19,20). The van der Waals surface area contributed by atoms with E-state index < -0.39 is 0 Å². The summed E-state index contributed by atoms with van der Waals surface area (Å²) in [6, 6.07) is 4.30. The Morgan fingerprint density at radius 2 is 1.95 bits per heavy atom. The molecule has 0 atom stereocenters. The van der Waals surface area contributed by atoms with Gasteiger partial charge in [0.25, 0.3) is 0 Å². The van der Waals surface area contributed by atoms with E-state index in [1.807, 2.05) is 18.7 Å². The van der Waals surface area contributed by atoms with Crippen molar-refractivity contribution in [2.45, 2.75) is 13.8 Å². The zero-order valence-electron chi connectivity index (χ0n) is 11.6. The number of hydrogen-bond acceptors (Lipinski definition) is 5. The molecule has 0 bridgehead atoms. The van der Waals surface area contributed by atoms with Crippen molar-refractivity contribution >= 4 is 45.1 Å². The summed E-state index contributed by atoms with van der Waals surface area (Å²) in [6.45, 7) is 5.53. The number of hydrogen-bond donors (Lipinski definition) is 1. The molecule has 0 spiro atoms. The molecule has 0 saturated carbocycles. The molecule has 1 N–H and O–H groups in total. The minimum absolute atomic E-state index is 0.104. The molecular formula is C13H14BrClFN5. The Morgan fingerprint density at radius 3 is 2.57 bits per heavy atom. The lowest BCUT2D eigenvalue weighted by Gasteiger charge is -2.19. The van der Waals surface area contributed by atoms with Gasteiger partial charge in [-0.3, -0.25) is 0 Å². The molecule has 0 fully saturated rings. The molecule has 2 aromatic rings. The predicted molar refractivity (Wildman–Crippen MR) is 85.8 cm³/mol. The molecular weight excluding hydrogens is 361 g/mol. The first-order valence-electron chi connectivity index (χ1n) is 6.42. The van der Waals surface area contributed by atoms with Gasteiger partial charge in [0.1, 0.15) is 5.82 Å². The first-order valence-corrected chi connectivity index (χ1v) is 7.59. The van der Waals surface area contributed by atoms with Crippen LogP contribution in [0.5, 0.6) is 0 Å². The Kier molecular flexibility index (Phi) is 5.30. The van der Waals surface area contributed by atoms with Crippen molar-refractivity contribution in [2.75, 3.05) is 23.3 Å². The first-order chi connectivity index (χ1) is 10.0. The van der Waals surface area contributed by atoms with Crippen molar-refractivity contribution in [3.63, 3.8) is 0 Å². The summed E-state index contributed by atoms with van der Waals surface area (Å²) in [5.74, 6) is 0.481. The van der Waals surface area contributed by atoms with Crippen LogP contribution in [0.4, 0.5) is 22.0 Å². The van der Waals surface area contributed by atoms with Crippen LogP contribution >= 0.6 is 27.5 Å². The highest BCUT2D eigenvalue weighted by molar-refractivity contribution is 9.10. The summed E-state index contributed by atoms with van der Waals surface area (Å²) in [5, 5.41) is 3.10. The van der Waals surface area contributed by atoms with Gasteiger partial charge in [0, 0.05) is 17.6 Å². The smallest absolute Gasteiger partial charge is 0.233 e. The molecule has 0 aliphatic carbocycles. The monoisotopic (exact) mass is 373 g/mol. The molecule has 5 nitrogen and oxygen atoms in total. The maximum absolute atomic E-state index is 13.1. The van der Waals surface area contributed by atoms with Crippen LogP contribution in [0.3, 0.4) is 0 Å². The highest BCUT2D eigenvalue weighted by atomic mass is 79.9. The Hall–Kier alpha value is -1.47. The number of anilines is 3. The second-order valence-electron chi connectivity index (χ2n) is 4.15. The van der Waals surface area contributed by atoms with Crippen molar-refractivity contribution < 1.29 is 4.39 Å². The van der Waals surface area contributed by atoms with Crippen LogP contribution in [0.25, 0.3) is 0 Å². The quantitative estimate of drug-likeness (QED) is 0.857. The Morgan fingerprint density at radius 1 is 1.24 bits per heavy atom. The fourth-order valence-electron chi connectivity index (χ4n) is 1.75. The second kappa shape index (κ2) is 7.00. The largest absolute Gasteiger partial charge is 0.341 e. The average Bonchev–Trinajstić information content (AvgIpc) is 2.43. The molecule has 0 aliphatic rings. The zero-order chi connectivity index (χ0) is 15.4. The first kappa shape index (κ1) is 15.9. The number of halogens is 3. The second-order valence-corrected chi connectivity index (χ2v) is 5.34. The molecule has 0 radical (unpaired) electrons. The lowest BCUT2D eigenvalue weighted by Crippen LogP contribution is -2.24. The van der Waals surface area contributed by atoms with Gasteiger partial charge in [-0.05, 0) is 59.6 Å². The van der Waals surface area contributed by atoms with E-state index in [0.29, 0.717) is 22.1 Å². The molecule has 0 unspecified atom stereocenters. The molecule has 2 rings (SSSR count). The fraction of sp³-hybridized carbons (Fsp3) is 0.308. The summed E-state index contributed by atoms with van der Waals surface area (Å²) in [5.41, 5.74) is 0.643. The zero-order valence-corrected chi connectivity index (χ0v) is 13.9. The van der Waals surface area contributed by atoms with Crippen molar-refractivity contribution in [2.24, 2.45) is 0 Å². The van der Waals surface area contributed by atoms with Crippen LogP contribution in [0.1, 0.15) is 13.8 Å². The summed E-state index contributed by atoms with van der Waals surface area (Å²) < 4.78 is 13.7. The van der Waals surface area contributed by atoms with E-state index in [-0.39, 0.29) is 11.1 Å². The number of nitrogens with zero attached hydrogens (tertiary/aromatic N) is 4. The van der Waals surface area contributed by atoms with Gasteiger partial charge in [0.15, 0.2) is 0 Å². The van der Waals surface area contributed by atoms with E-state index in [1.54, 1.807) is 6.07 Å². The van der Waals surface area contributed by atoms with Crippen molar-refractivity contribution in [3.05, 3.63) is 33.8 Å². The van der Waals surface area contributed by atoms with E-state index >= 15 is 0 Å². The average molecular weight is 375 g/mol. The SMILES string of the molecule is CCN(CC)c1nc(Cl)nc(Nc2ccc(F)cc2Br)n1. The Labute approximate surface area is 135 Å². The Balaban J connectivity index is 2.31. The van der Waals surface area contributed by atoms with Gasteiger partial charge >= 0.3 is 0 Å². The molecule has 0 aliphatic heterocycles. The minimum atomic E-state index is -0.329. The van der Waals surface area contributed by atoms with Gasteiger partial charge in [-0.15, -0.1) is 0 Å². The minimum Gasteiger partial charge on any atom is -0.341 e.